The van der Waals surface area contributed by atoms with E-state index in [1.807, 2.05) is 42.9 Å². The van der Waals surface area contributed by atoms with Crippen LogP contribution in [-0.4, -0.2) is 14.9 Å². The zero-order valence-corrected chi connectivity index (χ0v) is 12.6. The van der Waals surface area contributed by atoms with Gasteiger partial charge < -0.3 is 10.4 Å². The monoisotopic (exact) mass is 273 g/mol. The first-order valence-corrected chi connectivity index (χ1v) is 6.95. The van der Waals surface area contributed by atoms with E-state index >= 15 is 0 Å². The summed E-state index contributed by atoms with van der Waals surface area (Å²) >= 11 is 0. The van der Waals surface area contributed by atoms with Gasteiger partial charge >= 0.3 is 0 Å². The number of nitrogens with one attached hydrogen (secondary N) is 1. The highest BCUT2D eigenvalue weighted by Crippen LogP contribution is 2.21. The molecule has 2 N–H and O–H groups in total. The molecule has 1 atom stereocenters. The standard InChI is InChI=1S/C16H23N3O/c1-11(16-12(2)18-19(4)13(16)3)17-9-14-7-5-6-8-15(14)10-20/h5-8,11,17,20H,9-10H2,1-4H3. The van der Waals surface area contributed by atoms with E-state index in [4.69, 9.17) is 0 Å². The number of aliphatic hydroxyl groups is 1. The predicted octanol–water partition coefficient (Wildman–Crippen LogP) is 2.38. The van der Waals surface area contributed by atoms with Crippen molar-refractivity contribution in [3.05, 3.63) is 52.3 Å². The molecular formula is C16H23N3O. The summed E-state index contributed by atoms with van der Waals surface area (Å²) in [4.78, 5) is 0. The van der Waals surface area contributed by atoms with Crippen LogP contribution in [0.15, 0.2) is 24.3 Å². The largest absolute Gasteiger partial charge is 0.392 e. The van der Waals surface area contributed by atoms with E-state index in [2.05, 4.69) is 24.3 Å². The molecule has 4 nitrogen and oxygen atoms in total. The van der Waals surface area contributed by atoms with Crippen molar-refractivity contribution in [1.82, 2.24) is 15.1 Å². The number of aliphatic hydroxyl groups excluding tert-OH is 1. The molecule has 0 radical (unpaired) electrons. The van der Waals surface area contributed by atoms with Gasteiger partial charge in [-0.15, -0.1) is 0 Å². The third-order valence-electron chi connectivity index (χ3n) is 3.89. The fraction of sp³-hybridized carbons (Fsp3) is 0.438. The van der Waals surface area contributed by atoms with Crippen molar-refractivity contribution in [2.45, 2.75) is 40.0 Å². The number of hydrogen-bond donors (Lipinski definition) is 2. The Balaban J connectivity index is 2.10. The van der Waals surface area contributed by atoms with Crippen molar-refractivity contribution < 1.29 is 5.11 Å². The van der Waals surface area contributed by atoms with Crippen LogP contribution >= 0.6 is 0 Å². The molecule has 0 saturated heterocycles. The summed E-state index contributed by atoms with van der Waals surface area (Å²) < 4.78 is 1.92. The van der Waals surface area contributed by atoms with E-state index in [0.29, 0.717) is 0 Å². The van der Waals surface area contributed by atoms with E-state index < -0.39 is 0 Å². The van der Waals surface area contributed by atoms with Gasteiger partial charge in [0.15, 0.2) is 0 Å². The summed E-state index contributed by atoms with van der Waals surface area (Å²) in [6.07, 6.45) is 0. The lowest BCUT2D eigenvalue weighted by Gasteiger charge is -2.16. The van der Waals surface area contributed by atoms with E-state index in [-0.39, 0.29) is 12.6 Å². The summed E-state index contributed by atoms with van der Waals surface area (Å²) in [5, 5.41) is 17.3. The van der Waals surface area contributed by atoms with Crippen LogP contribution in [0.1, 0.15) is 41.0 Å². The van der Waals surface area contributed by atoms with Gasteiger partial charge in [-0.3, -0.25) is 4.68 Å². The number of aryl methyl sites for hydroxylation is 2. The summed E-state index contributed by atoms with van der Waals surface area (Å²) in [7, 11) is 1.97. The fourth-order valence-corrected chi connectivity index (χ4v) is 2.67. The Bertz CT molecular complexity index is 589. The molecule has 0 bridgehead atoms. The lowest BCUT2D eigenvalue weighted by atomic mass is 10.0. The molecule has 1 aromatic carbocycles. The summed E-state index contributed by atoms with van der Waals surface area (Å²) in [6, 6.07) is 8.20. The predicted molar refractivity (Wildman–Crippen MR) is 80.3 cm³/mol. The highest BCUT2D eigenvalue weighted by Gasteiger charge is 2.16. The van der Waals surface area contributed by atoms with E-state index in [9.17, 15) is 5.11 Å². The minimum Gasteiger partial charge on any atom is -0.392 e. The summed E-state index contributed by atoms with van der Waals surface area (Å²) in [5.74, 6) is 0. The summed E-state index contributed by atoms with van der Waals surface area (Å²) in [6.45, 7) is 7.11. The average molecular weight is 273 g/mol. The third-order valence-corrected chi connectivity index (χ3v) is 3.89. The molecule has 0 spiro atoms. The maximum Gasteiger partial charge on any atom is 0.0685 e. The molecule has 4 heteroatoms. The quantitative estimate of drug-likeness (QED) is 0.879. The van der Waals surface area contributed by atoms with Gasteiger partial charge in [-0.1, -0.05) is 24.3 Å². The zero-order chi connectivity index (χ0) is 14.7. The van der Waals surface area contributed by atoms with E-state index in [1.54, 1.807) is 0 Å². The van der Waals surface area contributed by atoms with Crippen LogP contribution < -0.4 is 5.32 Å². The highest BCUT2D eigenvalue weighted by molar-refractivity contribution is 5.29. The Kier molecular flexibility index (Phi) is 4.57. The van der Waals surface area contributed by atoms with Gasteiger partial charge in [0.2, 0.25) is 0 Å². The molecule has 108 valence electrons. The van der Waals surface area contributed by atoms with Crippen molar-refractivity contribution in [3.63, 3.8) is 0 Å². The molecule has 0 aliphatic heterocycles. The smallest absolute Gasteiger partial charge is 0.0685 e. The maximum atomic E-state index is 9.35. The van der Waals surface area contributed by atoms with Crippen molar-refractivity contribution in [1.29, 1.82) is 0 Å². The van der Waals surface area contributed by atoms with Gasteiger partial charge in [-0.2, -0.15) is 5.10 Å². The average Bonchev–Trinajstić information content (AvgIpc) is 2.70. The first kappa shape index (κ1) is 14.8. The highest BCUT2D eigenvalue weighted by atomic mass is 16.3. The van der Waals surface area contributed by atoms with Crippen molar-refractivity contribution in [3.8, 4) is 0 Å². The van der Waals surface area contributed by atoms with Crippen LogP contribution in [0, 0.1) is 13.8 Å². The maximum absolute atomic E-state index is 9.35. The van der Waals surface area contributed by atoms with Gasteiger partial charge in [0.1, 0.15) is 0 Å². The first-order valence-electron chi connectivity index (χ1n) is 6.95. The molecular weight excluding hydrogens is 250 g/mol. The molecule has 20 heavy (non-hydrogen) atoms. The topological polar surface area (TPSA) is 50.1 Å². The van der Waals surface area contributed by atoms with Crippen LogP contribution in [0.25, 0.3) is 0 Å². The van der Waals surface area contributed by atoms with Crippen molar-refractivity contribution >= 4 is 0 Å². The molecule has 1 aromatic heterocycles. The molecule has 2 aromatic rings. The van der Waals surface area contributed by atoms with Crippen LogP contribution in [0.5, 0.6) is 0 Å². The Morgan fingerprint density at radius 1 is 1.25 bits per heavy atom. The molecule has 0 amide bonds. The second kappa shape index (κ2) is 6.20. The van der Waals surface area contributed by atoms with Crippen molar-refractivity contribution in [2.75, 3.05) is 0 Å². The molecule has 0 saturated carbocycles. The Hall–Kier alpha value is -1.65. The van der Waals surface area contributed by atoms with Crippen LogP contribution in [0.4, 0.5) is 0 Å². The van der Waals surface area contributed by atoms with Crippen LogP contribution in [0.2, 0.25) is 0 Å². The normalized spacial score (nSPS) is 12.7. The minimum atomic E-state index is 0.0805. The van der Waals surface area contributed by atoms with Gasteiger partial charge in [0.25, 0.3) is 0 Å². The molecule has 1 heterocycles. The van der Waals surface area contributed by atoms with Crippen LogP contribution in [-0.2, 0) is 20.2 Å². The third kappa shape index (κ3) is 2.92. The van der Waals surface area contributed by atoms with Gasteiger partial charge in [-0.25, -0.2) is 0 Å². The molecule has 0 aliphatic rings. The molecule has 0 aliphatic carbocycles. The fourth-order valence-electron chi connectivity index (χ4n) is 2.67. The van der Waals surface area contributed by atoms with Gasteiger partial charge in [0.05, 0.1) is 12.3 Å². The Morgan fingerprint density at radius 3 is 2.45 bits per heavy atom. The van der Waals surface area contributed by atoms with Gasteiger partial charge in [-0.05, 0) is 31.9 Å². The Labute approximate surface area is 120 Å². The second-order valence-electron chi connectivity index (χ2n) is 5.24. The van der Waals surface area contributed by atoms with Crippen molar-refractivity contribution in [2.24, 2.45) is 7.05 Å². The zero-order valence-electron chi connectivity index (χ0n) is 12.6. The number of rotatable bonds is 5. The number of hydrogen-bond acceptors (Lipinski definition) is 3. The Morgan fingerprint density at radius 2 is 1.90 bits per heavy atom. The molecule has 2 rings (SSSR count). The van der Waals surface area contributed by atoms with Gasteiger partial charge in [0, 0.05) is 30.9 Å². The van der Waals surface area contributed by atoms with Crippen LogP contribution in [0.3, 0.4) is 0 Å². The second-order valence-corrected chi connectivity index (χ2v) is 5.24. The SMILES string of the molecule is Cc1nn(C)c(C)c1C(C)NCc1ccccc1CO. The summed E-state index contributed by atoms with van der Waals surface area (Å²) in [5.41, 5.74) is 5.64. The molecule has 1 unspecified atom stereocenters. The van der Waals surface area contributed by atoms with E-state index in [0.717, 1.165) is 23.4 Å². The minimum absolute atomic E-state index is 0.0805. The number of aromatic nitrogens is 2. The first-order chi connectivity index (χ1) is 9.54. The molecule has 0 fully saturated rings. The number of benzene rings is 1. The number of nitrogens with zero attached hydrogens (tertiary/aromatic N) is 2. The van der Waals surface area contributed by atoms with E-state index in [1.165, 1.54) is 11.3 Å². The lowest BCUT2D eigenvalue weighted by Crippen LogP contribution is -2.20. The lowest BCUT2D eigenvalue weighted by molar-refractivity contribution is 0.280.